The zero-order valence-corrected chi connectivity index (χ0v) is 17.1. The van der Waals surface area contributed by atoms with Gasteiger partial charge in [0.05, 0.1) is 17.7 Å². The van der Waals surface area contributed by atoms with Gasteiger partial charge in [0.25, 0.3) is 5.91 Å². The second kappa shape index (κ2) is 10.3. The van der Waals surface area contributed by atoms with Crippen molar-refractivity contribution in [3.8, 4) is 5.75 Å². The Balaban J connectivity index is 1.58. The molecule has 0 aromatic heterocycles. The molecule has 0 aliphatic heterocycles. The molecule has 1 fully saturated rings. The fourth-order valence-corrected chi connectivity index (χ4v) is 3.83. The fraction of sp³-hybridized carbons (Fsp3) is 0.391. The average molecular weight is 416 g/mol. The Kier molecular flexibility index (Phi) is 7.53. The Bertz CT molecular complexity index is 844. The van der Waals surface area contributed by atoms with Gasteiger partial charge in [-0.3, -0.25) is 4.79 Å². The van der Waals surface area contributed by atoms with Gasteiger partial charge in [-0.15, -0.1) is 0 Å². The van der Waals surface area contributed by atoms with Crippen LogP contribution in [0.25, 0.3) is 0 Å². The Morgan fingerprint density at radius 3 is 2.48 bits per heavy atom. The lowest BCUT2D eigenvalue weighted by Gasteiger charge is -2.21. The molecule has 6 heteroatoms. The molecule has 1 aliphatic rings. The van der Waals surface area contributed by atoms with Crippen LogP contribution in [0.4, 0.5) is 0 Å². The lowest BCUT2D eigenvalue weighted by Crippen LogP contribution is -2.23. The van der Waals surface area contributed by atoms with E-state index < -0.39 is 5.97 Å². The molecule has 0 unspecified atom stereocenters. The summed E-state index contributed by atoms with van der Waals surface area (Å²) in [4.78, 5) is 23.6. The van der Waals surface area contributed by atoms with E-state index in [4.69, 9.17) is 21.4 Å². The fourth-order valence-electron chi connectivity index (χ4n) is 3.66. The number of rotatable bonds is 8. The molecular weight excluding hydrogens is 390 g/mol. The van der Waals surface area contributed by atoms with Crippen LogP contribution < -0.4 is 10.1 Å². The van der Waals surface area contributed by atoms with Crippen LogP contribution >= 0.6 is 11.6 Å². The van der Waals surface area contributed by atoms with Crippen molar-refractivity contribution in [2.24, 2.45) is 5.92 Å². The van der Waals surface area contributed by atoms with E-state index in [1.54, 1.807) is 30.3 Å². The molecule has 0 radical (unpaired) electrons. The van der Waals surface area contributed by atoms with Crippen LogP contribution in [-0.2, 0) is 6.54 Å². The first kappa shape index (κ1) is 21.2. The number of carbonyl (C=O) groups excluding carboxylic acids is 1. The van der Waals surface area contributed by atoms with Crippen LogP contribution in [0.5, 0.6) is 5.75 Å². The van der Waals surface area contributed by atoms with Gasteiger partial charge in [-0.2, -0.15) is 0 Å². The Labute approximate surface area is 176 Å². The molecule has 2 N–H and O–H groups in total. The number of carboxylic acids is 1. The predicted molar refractivity (Wildman–Crippen MR) is 113 cm³/mol. The molecule has 1 saturated carbocycles. The van der Waals surface area contributed by atoms with Gasteiger partial charge in [-0.25, -0.2) is 4.79 Å². The first-order chi connectivity index (χ1) is 14.0. The molecule has 0 bridgehead atoms. The second-order valence-electron chi connectivity index (χ2n) is 7.47. The number of ether oxygens (including phenoxy) is 1. The molecule has 1 amide bonds. The highest BCUT2D eigenvalue weighted by molar-refractivity contribution is 6.31. The molecule has 29 heavy (non-hydrogen) atoms. The van der Waals surface area contributed by atoms with Gasteiger partial charge in [0.2, 0.25) is 0 Å². The molecule has 0 atom stereocenters. The third-order valence-corrected chi connectivity index (χ3v) is 5.58. The summed E-state index contributed by atoms with van der Waals surface area (Å²) in [5.41, 5.74) is 1.43. The molecule has 0 saturated heterocycles. The summed E-state index contributed by atoms with van der Waals surface area (Å²) in [6.45, 7) is 0.871. The average Bonchev–Trinajstić information content (AvgIpc) is 2.74. The molecule has 2 aromatic rings. The van der Waals surface area contributed by atoms with Gasteiger partial charge in [-0.1, -0.05) is 55.8 Å². The number of nitrogens with one attached hydrogen (secondary N) is 1. The predicted octanol–water partition coefficient (Wildman–Crippen LogP) is 5.32. The van der Waals surface area contributed by atoms with Crippen LogP contribution in [0.1, 0.15) is 64.8 Å². The second-order valence-corrected chi connectivity index (χ2v) is 7.90. The first-order valence-electron chi connectivity index (χ1n) is 10.1. The molecule has 3 rings (SSSR count). The van der Waals surface area contributed by atoms with Crippen molar-refractivity contribution in [1.82, 2.24) is 5.32 Å². The standard InChI is InChI=1S/C23H26ClNO4/c24-19-10-11-21(29-13-12-16-4-2-1-3-5-16)20(14-19)22(26)25-15-17-6-8-18(9-7-17)23(27)28/h6-11,14,16H,1-5,12-13,15H2,(H,25,26)(H,27,28). The quantitative estimate of drug-likeness (QED) is 0.612. The largest absolute Gasteiger partial charge is 0.493 e. The van der Waals surface area contributed by atoms with Crippen molar-refractivity contribution in [1.29, 1.82) is 0 Å². The van der Waals surface area contributed by atoms with E-state index in [1.807, 2.05) is 0 Å². The van der Waals surface area contributed by atoms with Crippen LogP contribution in [-0.4, -0.2) is 23.6 Å². The maximum absolute atomic E-state index is 12.7. The lowest BCUT2D eigenvalue weighted by molar-refractivity contribution is 0.0696. The van der Waals surface area contributed by atoms with Gasteiger partial charge in [0, 0.05) is 11.6 Å². The smallest absolute Gasteiger partial charge is 0.335 e. The monoisotopic (exact) mass is 415 g/mol. The van der Waals surface area contributed by atoms with Crippen LogP contribution in [0, 0.1) is 5.92 Å². The highest BCUT2D eigenvalue weighted by Crippen LogP contribution is 2.28. The molecule has 2 aromatic carbocycles. The van der Waals surface area contributed by atoms with Crippen molar-refractivity contribution in [3.63, 3.8) is 0 Å². The minimum atomic E-state index is -0.977. The van der Waals surface area contributed by atoms with Gasteiger partial charge in [-0.05, 0) is 48.2 Å². The van der Waals surface area contributed by atoms with Crippen molar-refractivity contribution in [2.75, 3.05) is 6.61 Å². The summed E-state index contributed by atoms with van der Waals surface area (Å²) in [6.07, 6.45) is 7.45. The van der Waals surface area contributed by atoms with Gasteiger partial charge >= 0.3 is 5.97 Å². The van der Waals surface area contributed by atoms with Crippen molar-refractivity contribution in [2.45, 2.75) is 45.1 Å². The van der Waals surface area contributed by atoms with Crippen molar-refractivity contribution >= 4 is 23.5 Å². The third-order valence-electron chi connectivity index (χ3n) is 5.35. The van der Waals surface area contributed by atoms with Gasteiger partial charge in [0.15, 0.2) is 0 Å². The van der Waals surface area contributed by atoms with Crippen LogP contribution in [0.2, 0.25) is 5.02 Å². The summed E-state index contributed by atoms with van der Waals surface area (Å²) in [5, 5.41) is 12.3. The summed E-state index contributed by atoms with van der Waals surface area (Å²) in [7, 11) is 0. The summed E-state index contributed by atoms with van der Waals surface area (Å²) < 4.78 is 5.93. The highest BCUT2D eigenvalue weighted by Gasteiger charge is 2.16. The molecular formula is C23H26ClNO4. The normalized spacial score (nSPS) is 14.4. The summed E-state index contributed by atoms with van der Waals surface area (Å²) in [6, 6.07) is 11.5. The number of carbonyl (C=O) groups is 2. The molecule has 5 nitrogen and oxygen atoms in total. The molecule has 0 spiro atoms. The zero-order chi connectivity index (χ0) is 20.6. The number of hydrogen-bond acceptors (Lipinski definition) is 3. The topological polar surface area (TPSA) is 75.6 Å². The summed E-state index contributed by atoms with van der Waals surface area (Å²) >= 11 is 6.09. The Hall–Kier alpha value is -2.53. The van der Waals surface area contributed by atoms with E-state index in [0.717, 1.165) is 12.0 Å². The molecule has 154 valence electrons. The maximum atomic E-state index is 12.7. The van der Waals surface area contributed by atoms with Crippen LogP contribution in [0.3, 0.4) is 0 Å². The van der Waals surface area contributed by atoms with Gasteiger partial charge in [0.1, 0.15) is 5.75 Å². The third kappa shape index (κ3) is 6.23. The number of carboxylic acid groups (broad SMARTS) is 1. The van der Waals surface area contributed by atoms with E-state index in [2.05, 4.69) is 5.32 Å². The molecule has 0 heterocycles. The number of hydrogen-bond donors (Lipinski definition) is 2. The number of aromatic carboxylic acids is 1. The Morgan fingerprint density at radius 1 is 1.07 bits per heavy atom. The van der Waals surface area contributed by atoms with E-state index in [-0.39, 0.29) is 18.0 Å². The van der Waals surface area contributed by atoms with Crippen molar-refractivity contribution in [3.05, 3.63) is 64.2 Å². The van der Waals surface area contributed by atoms with E-state index in [9.17, 15) is 9.59 Å². The van der Waals surface area contributed by atoms with Crippen molar-refractivity contribution < 1.29 is 19.4 Å². The number of halogens is 1. The van der Waals surface area contributed by atoms with Crippen LogP contribution in [0.15, 0.2) is 42.5 Å². The highest BCUT2D eigenvalue weighted by atomic mass is 35.5. The SMILES string of the molecule is O=C(O)c1ccc(CNC(=O)c2cc(Cl)ccc2OCCC2CCCCC2)cc1. The lowest BCUT2D eigenvalue weighted by atomic mass is 9.87. The Morgan fingerprint density at radius 2 is 1.79 bits per heavy atom. The van der Waals surface area contributed by atoms with E-state index in [0.29, 0.717) is 28.9 Å². The van der Waals surface area contributed by atoms with E-state index >= 15 is 0 Å². The number of amides is 1. The molecule has 1 aliphatic carbocycles. The minimum Gasteiger partial charge on any atom is -0.493 e. The maximum Gasteiger partial charge on any atom is 0.335 e. The van der Waals surface area contributed by atoms with E-state index in [1.165, 1.54) is 44.2 Å². The summed E-state index contributed by atoms with van der Waals surface area (Å²) in [5.74, 6) is -0.0111. The first-order valence-corrected chi connectivity index (χ1v) is 10.4. The minimum absolute atomic E-state index is 0.212. The van der Waals surface area contributed by atoms with Gasteiger partial charge < -0.3 is 15.2 Å². The zero-order valence-electron chi connectivity index (χ0n) is 16.3. The number of benzene rings is 2.